The summed E-state index contributed by atoms with van der Waals surface area (Å²) in [5, 5.41) is 14.3. The fraction of sp³-hybridized carbons (Fsp3) is 0.615. The molecule has 2 aromatic heterocycles. The van der Waals surface area contributed by atoms with Crippen molar-refractivity contribution < 1.29 is 13.9 Å². The highest BCUT2D eigenvalue weighted by atomic mass is 32.1. The highest BCUT2D eigenvalue weighted by Gasteiger charge is 2.21. The molecule has 118 valence electrons. The molecule has 2 rings (SSSR count). The SMILES string of the molecule is CCCNCc1c(N(CCO)CC(F)F)nc2sccn12. The van der Waals surface area contributed by atoms with Crippen LogP contribution in [0.3, 0.4) is 0 Å². The number of hydrogen-bond acceptors (Lipinski definition) is 5. The molecule has 0 saturated carbocycles. The number of thiazole rings is 1. The predicted molar refractivity (Wildman–Crippen MR) is 80.4 cm³/mol. The molecule has 8 heteroatoms. The molecular formula is C13H20F2N4OS. The van der Waals surface area contributed by atoms with Gasteiger partial charge in [-0.25, -0.2) is 13.8 Å². The Morgan fingerprint density at radius 2 is 2.33 bits per heavy atom. The van der Waals surface area contributed by atoms with Crippen LogP contribution in [0, 0.1) is 0 Å². The molecule has 0 spiro atoms. The molecule has 0 aromatic carbocycles. The highest BCUT2D eigenvalue weighted by molar-refractivity contribution is 7.15. The zero-order valence-corrected chi connectivity index (χ0v) is 12.7. The number of halogens is 2. The summed E-state index contributed by atoms with van der Waals surface area (Å²) < 4.78 is 27.4. The second-order valence-electron chi connectivity index (χ2n) is 4.68. The average molecular weight is 318 g/mol. The molecule has 2 aromatic rings. The minimum atomic E-state index is -2.47. The fourth-order valence-electron chi connectivity index (χ4n) is 2.19. The molecule has 0 fully saturated rings. The molecule has 0 bridgehead atoms. The number of aliphatic hydroxyl groups excluding tert-OH is 1. The maximum Gasteiger partial charge on any atom is 0.255 e. The summed E-state index contributed by atoms with van der Waals surface area (Å²) in [6.45, 7) is 3.03. The van der Waals surface area contributed by atoms with E-state index in [-0.39, 0.29) is 13.2 Å². The number of imidazole rings is 1. The summed E-state index contributed by atoms with van der Waals surface area (Å²) in [6, 6.07) is 0. The van der Waals surface area contributed by atoms with E-state index in [9.17, 15) is 8.78 Å². The number of hydrogen-bond donors (Lipinski definition) is 2. The van der Waals surface area contributed by atoms with E-state index < -0.39 is 13.0 Å². The van der Waals surface area contributed by atoms with Crippen molar-refractivity contribution in [2.24, 2.45) is 0 Å². The maximum atomic E-state index is 12.7. The quantitative estimate of drug-likeness (QED) is 0.694. The topological polar surface area (TPSA) is 52.8 Å². The molecule has 0 atom stereocenters. The van der Waals surface area contributed by atoms with Crippen LogP contribution in [0.5, 0.6) is 0 Å². The first-order valence-corrected chi connectivity index (χ1v) is 7.84. The van der Waals surface area contributed by atoms with Crippen LogP contribution in [-0.4, -0.2) is 47.2 Å². The van der Waals surface area contributed by atoms with Gasteiger partial charge >= 0.3 is 0 Å². The maximum absolute atomic E-state index is 12.7. The van der Waals surface area contributed by atoms with E-state index in [1.807, 2.05) is 16.0 Å². The van der Waals surface area contributed by atoms with Gasteiger partial charge in [0.1, 0.15) is 0 Å². The number of nitrogens with zero attached hydrogens (tertiary/aromatic N) is 3. The second-order valence-corrected chi connectivity index (χ2v) is 5.55. The number of nitrogens with one attached hydrogen (secondary N) is 1. The molecule has 0 aliphatic rings. The van der Waals surface area contributed by atoms with Gasteiger partial charge in [0.25, 0.3) is 6.43 Å². The lowest BCUT2D eigenvalue weighted by atomic mass is 10.3. The Kier molecular flexibility index (Phi) is 5.89. The molecule has 5 nitrogen and oxygen atoms in total. The smallest absolute Gasteiger partial charge is 0.255 e. The van der Waals surface area contributed by atoms with E-state index in [4.69, 9.17) is 5.11 Å². The van der Waals surface area contributed by atoms with E-state index in [0.717, 1.165) is 23.6 Å². The molecule has 0 radical (unpaired) electrons. The zero-order valence-electron chi connectivity index (χ0n) is 11.9. The minimum absolute atomic E-state index is 0.149. The van der Waals surface area contributed by atoms with Crippen LogP contribution in [-0.2, 0) is 6.54 Å². The third-order valence-electron chi connectivity index (χ3n) is 3.09. The number of alkyl halides is 2. The van der Waals surface area contributed by atoms with E-state index in [2.05, 4.69) is 17.2 Å². The molecule has 0 aliphatic carbocycles. The van der Waals surface area contributed by atoms with Crippen molar-refractivity contribution in [3.05, 3.63) is 17.3 Å². The number of rotatable bonds is 9. The van der Waals surface area contributed by atoms with Crippen LogP contribution in [0.15, 0.2) is 11.6 Å². The van der Waals surface area contributed by atoms with Gasteiger partial charge in [0, 0.05) is 24.7 Å². The first-order valence-electron chi connectivity index (χ1n) is 6.96. The summed E-state index contributed by atoms with van der Waals surface area (Å²) >= 11 is 1.46. The van der Waals surface area contributed by atoms with Gasteiger partial charge in [0.15, 0.2) is 10.8 Å². The van der Waals surface area contributed by atoms with Gasteiger partial charge in [0.2, 0.25) is 0 Å². The Morgan fingerprint density at radius 1 is 1.52 bits per heavy atom. The number of fused-ring (bicyclic) bond motifs is 1. The van der Waals surface area contributed by atoms with E-state index >= 15 is 0 Å². The molecule has 2 heterocycles. The first kappa shape index (κ1) is 16.1. The Labute approximate surface area is 126 Å². The standard InChI is InChI=1S/C13H20F2N4OS/c1-2-3-16-8-10-12(17-13-19(10)5-7-21-13)18(4-6-20)9-11(14)15/h5,7,11,16,20H,2-4,6,8-9H2,1H3. The summed E-state index contributed by atoms with van der Waals surface area (Å²) in [4.78, 5) is 6.67. The predicted octanol–water partition coefficient (Wildman–Crippen LogP) is 1.96. The molecule has 0 amide bonds. The van der Waals surface area contributed by atoms with Gasteiger partial charge < -0.3 is 15.3 Å². The van der Waals surface area contributed by atoms with Crippen molar-refractivity contribution in [1.29, 1.82) is 0 Å². The van der Waals surface area contributed by atoms with E-state index in [1.165, 1.54) is 16.2 Å². The molecule has 0 unspecified atom stereocenters. The van der Waals surface area contributed by atoms with Crippen molar-refractivity contribution in [2.45, 2.75) is 26.3 Å². The Hall–Kier alpha value is -1.25. The van der Waals surface area contributed by atoms with Crippen LogP contribution in [0.1, 0.15) is 19.0 Å². The lowest BCUT2D eigenvalue weighted by molar-refractivity contribution is 0.152. The lowest BCUT2D eigenvalue weighted by Crippen LogP contribution is -2.33. The zero-order chi connectivity index (χ0) is 15.2. The molecule has 0 aliphatic heterocycles. The lowest BCUT2D eigenvalue weighted by Gasteiger charge is -2.22. The Morgan fingerprint density at radius 3 is 3.00 bits per heavy atom. The summed E-state index contributed by atoms with van der Waals surface area (Å²) in [6.07, 6.45) is 0.421. The normalized spacial score (nSPS) is 11.7. The van der Waals surface area contributed by atoms with Crippen molar-refractivity contribution in [2.75, 3.05) is 31.1 Å². The van der Waals surface area contributed by atoms with Crippen LogP contribution in [0.4, 0.5) is 14.6 Å². The first-order chi connectivity index (χ1) is 10.2. The van der Waals surface area contributed by atoms with Crippen molar-refractivity contribution >= 4 is 22.1 Å². The van der Waals surface area contributed by atoms with Crippen LogP contribution in [0.25, 0.3) is 4.96 Å². The second kappa shape index (κ2) is 7.67. The van der Waals surface area contributed by atoms with E-state index in [0.29, 0.717) is 12.4 Å². The van der Waals surface area contributed by atoms with Gasteiger partial charge in [-0.3, -0.25) is 4.40 Å². The third kappa shape index (κ3) is 3.90. The van der Waals surface area contributed by atoms with Gasteiger partial charge in [-0.1, -0.05) is 6.92 Å². The Balaban J connectivity index is 2.30. The van der Waals surface area contributed by atoms with Crippen molar-refractivity contribution in [3.8, 4) is 0 Å². The minimum Gasteiger partial charge on any atom is -0.395 e. The summed E-state index contributed by atoms with van der Waals surface area (Å²) in [7, 11) is 0. The van der Waals surface area contributed by atoms with Crippen molar-refractivity contribution in [1.82, 2.24) is 14.7 Å². The number of aromatic nitrogens is 2. The fourth-order valence-corrected chi connectivity index (χ4v) is 2.92. The highest BCUT2D eigenvalue weighted by Crippen LogP contribution is 2.25. The number of anilines is 1. The summed E-state index contributed by atoms with van der Waals surface area (Å²) in [5.41, 5.74) is 0.855. The molecular weight excluding hydrogens is 298 g/mol. The van der Waals surface area contributed by atoms with Gasteiger partial charge in [-0.15, -0.1) is 11.3 Å². The largest absolute Gasteiger partial charge is 0.395 e. The monoisotopic (exact) mass is 318 g/mol. The van der Waals surface area contributed by atoms with Crippen molar-refractivity contribution in [3.63, 3.8) is 0 Å². The van der Waals surface area contributed by atoms with Crippen LogP contribution in [0.2, 0.25) is 0 Å². The molecule has 0 saturated heterocycles. The number of aliphatic hydroxyl groups is 1. The third-order valence-corrected chi connectivity index (χ3v) is 3.84. The molecule has 21 heavy (non-hydrogen) atoms. The van der Waals surface area contributed by atoms with Gasteiger partial charge in [-0.2, -0.15) is 0 Å². The van der Waals surface area contributed by atoms with Gasteiger partial charge in [0.05, 0.1) is 18.8 Å². The van der Waals surface area contributed by atoms with Gasteiger partial charge in [-0.05, 0) is 13.0 Å². The summed E-state index contributed by atoms with van der Waals surface area (Å²) in [5.74, 6) is 0.528. The Bertz CT molecular complexity index is 557. The van der Waals surface area contributed by atoms with E-state index in [1.54, 1.807) is 0 Å². The molecule has 2 N–H and O–H groups in total. The van der Waals surface area contributed by atoms with Crippen LogP contribution < -0.4 is 10.2 Å². The average Bonchev–Trinajstić information content (AvgIpc) is 3.00. The van der Waals surface area contributed by atoms with Crippen LogP contribution >= 0.6 is 11.3 Å².